The number of carbonyl (C=O) groups is 1. The number of rotatable bonds is 4. The summed E-state index contributed by atoms with van der Waals surface area (Å²) >= 11 is 0. The zero-order chi connectivity index (χ0) is 15.5. The third-order valence-corrected chi connectivity index (χ3v) is 3.94. The topological polar surface area (TPSA) is 63.7 Å². The van der Waals surface area contributed by atoms with Crippen LogP contribution in [-0.2, 0) is 13.6 Å². The van der Waals surface area contributed by atoms with Gasteiger partial charge in [-0.15, -0.1) is 0 Å². The number of amides is 1. The van der Waals surface area contributed by atoms with E-state index in [1.807, 2.05) is 22.7 Å². The third-order valence-electron chi connectivity index (χ3n) is 3.94. The molecule has 3 rings (SSSR count). The first-order valence-electron chi connectivity index (χ1n) is 7.29. The molecule has 7 nitrogen and oxygen atoms in total. The van der Waals surface area contributed by atoms with E-state index in [0.29, 0.717) is 24.8 Å². The lowest BCUT2D eigenvalue weighted by molar-refractivity contribution is 0.0588. The van der Waals surface area contributed by atoms with Crippen molar-refractivity contribution in [3.63, 3.8) is 0 Å². The second-order valence-electron chi connectivity index (χ2n) is 5.35. The first-order chi connectivity index (χ1) is 10.7. The molecule has 0 saturated carbocycles. The first-order valence-corrected chi connectivity index (χ1v) is 7.29. The van der Waals surface area contributed by atoms with Crippen LogP contribution in [0.3, 0.4) is 0 Å². The summed E-state index contributed by atoms with van der Waals surface area (Å²) in [5.41, 5.74) is 0. The van der Waals surface area contributed by atoms with Crippen LogP contribution in [0, 0.1) is 0 Å². The maximum Gasteiger partial charge on any atom is 0.289 e. The number of aromatic nitrogens is 2. The molecule has 2 aromatic heterocycles. The van der Waals surface area contributed by atoms with E-state index in [9.17, 15) is 4.79 Å². The lowest BCUT2D eigenvalue weighted by Gasteiger charge is -2.34. The molecule has 0 aliphatic carbocycles. The summed E-state index contributed by atoms with van der Waals surface area (Å²) in [5.74, 6) is 1.64. The SMILES string of the molecule is COc1ccc(C(=O)N2CCN(Cc3nccn3C)CC2)o1. The van der Waals surface area contributed by atoms with Crippen molar-refractivity contribution in [3.8, 4) is 5.95 Å². The Morgan fingerprint density at radius 1 is 1.32 bits per heavy atom. The molecule has 1 aliphatic rings. The molecule has 1 amide bonds. The van der Waals surface area contributed by atoms with Crippen LogP contribution in [0.5, 0.6) is 5.95 Å². The van der Waals surface area contributed by atoms with E-state index in [-0.39, 0.29) is 5.91 Å². The molecule has 0 atom stereocenters. The number of nitrogens with zero attached hydrogens (tertiary/aromatic N) is 4. The number of carbonyl (C=O) groups excluding carboxylic acids is 1. The fraction of sp³-hybridized carbons (Fsp3) is 0.467. The van der Waals surface area contributed by atoms with Crippen LogP contribution in [0.2, 0.25) is 0 Å². The molecule has 1 fully saturated rings. The zero-order valence-electron chi connectivity index (χ0n) is 12.9. The molecule has 0 N–H and O–H groups in total. The molecule has 3 heterocycles. The van der Waals surface area contributed by atoms with Crippen molar-refractivity contribution in [2.45, 2.75) is 6.54 Å². The Morgan fingerprint density at radius 2 is 2.09 bits per heavy atom. The van der Waals surface area contributed by atoms with Gasteiger partial charge in [-0.05, 0) is 6.07 Å². The summed E-state index contributed by atoms with van der Waals surface area (Å²) in [6.07, 6.45) is 3.75. The van der Waals surface area contributed by atoms with Crippen LogP contribution in [-0.4, -0.2) is 58.5 Å². The second-order valence-corrected chi connectivity index (χ2v) is 5.35. The Morgan fingerprint density at radius 3 is 2.68 bits per heavy atom. The Labute approximate surface area is 129 Å². The smallest absolute Gasteiger partial charge is 0.289 e. The quantitative estimate of drug-likeness (QED) is 0.842. The van der Waals surface area contributed by atoms with E-state index in [1.54, 1.807) is 18.3 Å². The van der Waals surface area contributed by atoms with Gasteiger partial charge in [0.25, 0.3) is 11.9 Å². The summed E-state index contributed by atoms with van der Waals surface area (Å²) in [6.45, 7) is 3.84. The molecule has 0 unspecified atom stereocenters. The largest absolute Gasteiger partial charge is 0.468 e. The van der Waals surface area contributed by atoms with Gasteiger partial charge in [0.15, 0.2) is 5.76 Å². The van der Waals surface area contributed by atoms with E-state index >= 15 is 0 Å². The first kappa shape index (κ1) is 14.6. The molecule has 1 aliphatic heterocycles. The average molecular weight is 304 g/mol. The minimum Gasteiger partial charge on any atom is -0.468 e. The van der Waals surface area contributed by atoms with Crippen LogP contribution < -0.4 is 4.74 Å². The van der Waals surface area contributed by atoms with Gasteiger partial charge >= 0.3 is 0 Å². The van der Waals surface area contributed by atoms with Gasteiger partial charge in [-0.1, -0.05) is 0 Å². The Bertz CT molecular complexity index is 641. The minimum atomic E-state index is -0.0834. The summed E-state index contributed by atoms with van der Waals surface area (Å²) in [7, 11) is 3.51. The van der Waals surface area contributed by atoms with Crippen molar-refractivity contribution >= 4 is 5.91 Å². The third kappa shape index (κ3) is 2.99. The molecule has 7 heteroatoms. The van der Waals surface area contributed by atoms with Crippen LogP contribution in [0.1, 0.15) is 16.4 Å². The highest BCUT2D eigenvalue weighted by atomic mass is 16.6. The van der Waals surface area contributed by atoms with Crippen molar-refractivity contribution in [2.75, 3.05) is 33.3 Å². The van der Waals surface area contributed by atoms with Gasteiger partial charge in [0.2, 0.25) is 0 Å². The molecule has 118 valence electrons. The number of aryl methyl sites for hydroxylation is 1. The molecule has 0 bridgehead atoms. The van der Waals surface area contributed by atoms with Gasteiger partial charge in [0.05, 0.1) is 13.7 Å². The van der Waals surface area contributed by atoms with Crippen molar-refractivity contribution in [1.82, 2.24) is 19.4 Å². The Balaban J connectivity index is 1.55. The van der Waals surface area contributed by atoms with E-state index in [0.717, 1.165) is 25.5 Å². The predicted octanol–water partition coefficient (Wildman–Crippen LogP) is 0.980. The molecule has 1 saturated heterocycles. The molecular formula is C15H20N4O3. The molecule has 0 spiro atoms. The average Bonchev–Trinajstić information content (AvgIpc) is 3.17. The van der Waals surface area contributed by atoms with E-state index in [4.69, 9.17) is 9.15 Å². The zero-order valence-corrected chi connectivity index (χ0v) is 12.9. The summed E-state index contributed by atoms with van der Waals surface area (Å²) in [6, 6.07) is 3.31. The monoisotopic (exact) mass is 304 g/mol. The van der Waals surface area contributed by atoms with Crippen LogP contribution >= 0.6 is 0 Å². The summed E-state index contributed by atoms with van der Waals surface area (Å²) in [5, 5.41) is 0. The van der Waals surface area contributed by atoms with Gasteiger partial charge in [-0.2, -0.15) is 0 Å². The van der Waals surface area contributed by atoms with E-state index in [2.05, 4.69) is 9.88 Å². The predicted molar refractivity (Wildman–Crippen MR) is 79.6 cm³/mol. The van der Waals surface area contributed by atoms with Gasteiger partial charge in [0.1, 0.15) is 5.82 Å². The van der Waals surface area contributed by atoms with Crippen LogP contribution in [0.15, 0.2) is 28.9 Å². The standard InChI is InChI=1S/C15H20N4O3/c1-17-6-5-16-13(17)11-18-7-9-19(10-8-18)15(20)12-3-4-14(21-2)22-12/h3-6H,7-11H2,1-2H3. The number of imidazole rings is 1. The van der Waals surface area contributed by atoms with E-state index < -0.39 is 0 Å². The van der Waals surface area contributed by atoms with Gasteiger partial charge in [-0.3, -0.25) is 9.69 Å². The molecular weight excluding hydrogens is 284 g/mol. The number of methoxy groups -OCH3 is 1. The fourth-order valence-corrected chi connectivity index (χ4v) is 2.56. The highest BCUT2D eigenvalue weighted by molar-refractivity contribution is 5.91. The van der Waals surface area contributed by atoms with Gasteiger partial charge < -0.3 is 18.6 Å². The number of furan rings is 1. The number of hydrogen-bond donors (Lipinski definition) is 0. The second kappa shape index (κ2) is 6.23. The maximum atomic E-state index is 12.3. The van der Waals surface area contributed by atoms with Crippen molar-refractivity contribution in [1.29, 1.82) is 0 Å². The molecule has 0 radical (unpaired) electrons. The normalized spacial score (nSPS) is 16.0. The Kier molecular flexibility index (Phi) is 4.15. The van der Waals surface area contributed by atoms with Crippen LogP contribution in [0.25, 0.3) is 0 Å². The van der Waals surface area contributed by atoms with Crippen LogP contribution in [0.4, 0.5) is 0 Å². The van der Waals surface area contributed by atoms with Crippen molar-refractivity contribution in [3.05, 3.63) is 36.1 Å². The minimum absolute atomic E-state index is 0.0834. The lowest BCUT2D eigenvalue weighted by atomic mass is 10.3. The lowest BCUT2D eigenvalue weighted by Crippen LogP contribution is -2.48. The number of ether oxygens (including phenoxy) is 1. The highest BCUT2D eigenvalue weighted by Crippen LogP contribution is 2.18. The van der Waals surface area contributed by atoms with Gasteiger partial charge in [0, 0.05) is 51.7 Å². The molecule has 0 aromatic carbocycles. The molecule has 22 heavy (non-hydrogen) atoms. The number of piperazine rings is 1. The summed E-state index contributed by atoms with van der Waals surface area (Å²) < 4.78 is 12.3. The van der Waals surface area contributed by atoms with E-state index in [1.165, 1.54) is 7.11 Å². The van der Waals surface area contributed by atoms with Crippen molar-refractivity contribution in [2.24, 2.45) is 7.05 Å². The highest BCUT2D eigenvalue weighted by Gasteiger charge is 2.24. The Hall–Kier alpha value is -2.28. The maximum absolute atomic E-state index is 12.3. The van der Waals surface area contributed by atoms with Crippen molar-refractivity contribution < 1.29 is 13.9 Å². The number of hydrogen-bond acceptors (Lipinski definition) is 5. The summed E-state index contributed by atoms with van der Waals surface area (Å²) in [4.78, 5) is 20.8. The van der Waals surface area contributed by atoms with Gasteiger partial charge in [-0.25, -0.2) is 4.98 Å². The fourth-order valence-electron chi connectivity index (χ4n) is 2.56. The molecule has 2 aromatic rings.